The average molecular weight is 461 g/mol. The topological polar surface area (TPSA) is 101 Å². The van der Waals surface area contributed by atoms with Crippen LogP contribution in [0.5, 0.6) is 0 Å². The molecule has 2 heterocycles. The molecule has 0 saturated carbocycles. The zero-order valence-corrected chi connectivity index (χ0v) is 19.8. The van der Waals surface area contributed by atoms with E-state index in [2.05, 4.69) is 19.6 Å². The maximum Gasteiger partial charge on any atom is 0.485 e. The van der Waals surface area contributed by atoms with Crippen LogP contribution in [0.15, 0.2) is 33.0 Å². The number of amides is 2. The van der Waals surface area contributed by atoms with Gasteiger partial charge in [0.2, 0.25) is 5.91 Å². The van der Waals surface area contributed by atoms with Crippen molar-refractivity contribution in [3.8, 4) is 0 Å². The van der Waals surface area contributed by atoms with E-state index in [0.29, 0.717) is 42.7 Å². The maximum atomic E-state index is 13.2. The minimum Gasteiger partial charge on any atom is -0.396 e. The molecule has 0 unspecified atom stereocenters. The van der Waals surface area contributed by atoms with Crippen molar-refractivity contribution in [1.82, 2.24) is 4.90 Å². The highest BCUT2D eigenvalue weighted by molar-refractivity contribution is 6.76. The third-order valence-electron chi connectivity index (χ3n) is 5.97. The lowest BCUT2D eigenvalue weighted by Crippen LogP contribution is -2.38. The molecule has 2 atom stereocenters. The highest BCUT2D eigenvalue weighted by Crippen LogP contribution is 2.42. The van der Waals surface area contributed by atoms with Gasteiger partial charge in [-0.15, -0.1) is 0 Å². The molecular weight excluding hydrogens is 430 g/mol. The van der Waals surface area contributed by atoms with Crippen molar-refractivity contribution in [3.05, 3.63) is 35.3 Å². The van der Waals surface area contributed by atoms with Crippen molar-refractivity contribution in [2.45, 2.75) is 44.6 Å². The van der Waals surface area contributed by atoms with Crippen LogP contribution in [0, 0.1) is 5.92 Å². The second-order valence-corrected chi connectivity index (χ2v) is 15.1. The first-order chi connectivity index (χ1) is 15.3. The number of carbonyl (C=O) groups excluding carboxylic acids is 2. The summed E-state index contributed by atoms with van der Waals surface area (Å²) < 4.78 is 22.6. The minimum absolute atomic E-state index is 0.0375. The first-order valence-electron chi connectivity index (χ1n) is 11.0. The van der Waals surface area contributed by atoms with Crippen molar-refractivity contribution in [2.75, 3.05) is 26.6 Å². The molecular formula is C23H30NO7Si+. The van der Waals surface area contributed by atoms with Gasteiger partial charge in [0.25, 0.3) is 5.91 Å². The Morgan fingerprint density at radius 2 is 2.16 bits per heavy atom. The summed E-state index contributed by atoms with van der Waals surface area (Å²) in [6.45, 7) is 8.79. The largest absolute Gasteiger partial charge is 0.485 e. The Hall–Kier alpha value is -2.33. The van der Waals surface area contributed by atoms with Crippen LogP contribution >= 0.6 is 0 Å². The molecule has 2 aliphatic rings. The molecule has 1 saturated heterocycles. The van der Waals surface area contributed by atoms with Gasteiger partial charge in [-0.25, -0.2) is 0 Å². The standard InChI is InChI=1S/C23H30NO7Si/c1-32(2,3)8-7-28-13-31-22-16-11-20-19(29-14-30-20)10-15(16)9-17(18(22)12-25)23(27)24-6-4-5-21(24)26/h9-11,14,18,22,25H,4-8,12-13H2,1-3H3/q+1/t18-,22-/m0/s1. The first-order valence-corrected chi connectivity index (χ1v) is 14.7. The quantitative estimate of drug-likeness (QED) is 0.210. The maximum absolute atomic E-state index is 13.2. The van der Waals surface area contributed by atoms with E-state index in [0.717, 1.165) is 17.2 Å². The minimum atomic E-state index is -1.23. The van der Waals surface area contributed by atoms with Crippen LogP contribution in [0.3, 0.4) is 0 Å². The predicted molar refractivity (Wildman–Crippen MR) is 120 cm³/mol. The summed E-state index contributed by atoms with van der Waals surface area (Å²) in [6.07, 6.45) is 2.10. The third-order valence-corrected chi connectivity index (χ3v) is 7.68. The Bertz CT molecular complexity index is 1040. The molecule has 1 aliphatic carbocycles. The molecule has 0 bridgehead atoms. The number of imide groups is 1. The van der Waals surface area contributed by atoms with Crippen molar-refractivity contribution >= 4 is 37.1 Å². The van der Waals surface area contributed by atoms with Gasteiger partial charge >= 0.3 is 17.6 Å². The summed E-state index contributed by atoms with van der Waals surface area (Å²) in [4.78, 5) is 26.7. The molecule has 1 aliphatic heterocycles. The lowest BCUT2D eigenvalue weighted by atomic mass is 9.80. The van der Waals surface area contributed by atoms with E-state index in [1.807, 2.05) is 6.07 Å². The first kappa shape index (κ1) is 22.8. The van der Waals surface area contributed by atoms with Crippen molar-refractivity contribution in [2.24, 2.45) is 5.92 Å². The number of likely N-dealkylation sites (tertiary alicyclic amines) is 1. The normalized spacial score (nSPS) is 21.2. The molecule has 1 fully saturated rings. The molecule has 0 spiro atoms. The molecule has 1 aromatic carbocycles. The molecule has 4 rings (SSSR count). The van der Waals surface area contributed by atoms with Crippen molar-refractivity contribution in [3.63, 3.8) is 0 Å². The molecule has 0 radical (unpaired) electrons. The van der Waals surface area contributed by atoms with E-state index in [9.17, 15) is 14.7 Å². The van der Waals surface area contributed by atoms with Gasteiger partial charge in [0.05, 0.1) is 12.7 Å². The van der Waals surface area contributed by atoms with Crippen molar-refractivity contribution < 1.29 is 33.0 Å². The number of hydrogen-bond acceptors (Lipinski definition) is 6. The van der Waals surface area contributed by atoms with E-state index < -0.39 is 20.1 Å². The van der Waals surface area contributed by atoms with E-state index in [4.69, 9.17) is 18.3 Å². The Morgan fingerprint density at radius 3 is 2.84 bits per heavy atom. The fraction of sp³-hybridized carbons (Fsp3) is 0.522. The number of ether oxygens (including phenoxy) is 2. The summed E-state index contributed by atoms with van der Waals surface area (Å²) in [5, 5.41) is 10.2. The number of rotatable bonds is 8. The van der Waals surface area contributed by atoms with Crippen LogP contribution in [-0.4, -0.2) is 56.4 Å². The average Bonchev–Trinajstić information content (AvgIpc) is 3.38. The molecule has 1 aromatic heterocycles. The number of fused-ring (bicyclic) bond motifs is 2. The van der Waals surface area contributed by atoms with Gasteiger partial charge < -0.3 is 14.6 Å². The monoisotopic (exact) mass is 460 g/mol. The van der Waals surface area contributed by atoms with E-state index in [1.54, 1.807) is 12.1 Å². The summed E-state index contributed by atoms with van der Waals surface area (Å²) in [7, 11) is -1.23. The Balaban J connectivity index is 1.63. The Kier molecular flexibility index (Phi) is 6.61. The lowest BCUT2D eigenvalue weighted by molar-refractivity contribution is -0.141. The lowest BCUT2D eigenvalue weighted by Gasteiger charge is -2.33. The SMILES string of the molecule is C[Si](C)(C)CCOCO[C@H]1c2cc3oc[o+]c3cc2C=C(C(=O)N2CCCC2=O)[C@@H]1CO. The van der Waals surface area contributed by atoms with Crippen LogP contribution < -0.4 is 0 Å². The number of nitrogens with zero attached hydrogens (tertiary/aromatic N) is 1. The summed E-state index contributed by atoms with van der Waals surface area (Å²) in [6, 6.07) is 4.60. The highest BCUT2D eigenvalue weighted by Gasteiger charge is 2.40. The predicted octanol–water partition coefficient (Wildman–Crippen LogP) is 3.83. The van der Waals surface area contributed by atoms with Crippen LogP contribution in [-0.2, 0) is 19.1 Å². The smallest absolute Gasteiger partial charge is 0.396 e. The van der Waals surface area contributed by atoms with Gasteiger partial charge in [-0.2, -0.15) is 0 Å². The van der Waals surface area contributed by atoms with Gasteiger partial charge in [-0.1, -0.05) is 19.6 Å². The molecule has 172 valence electrons. The van der Waals surface area contributed by atoms with Crippen LogP contribution in [0.2, 0.25) is 25.7 Å². The second kappa shape index (κ2) is 9.26. The van der Waals surface area contributed by atoms with Crippen LogP contribution in [0.4, 0.5) is 0 Å². The number of aliphatic hydroxyl groups excluding tert-OH is 1. The van der Waals surface area contributed by atoms with E-state index in [1.165, 1.54) is 11.4 Å². The molecule has 8 nitrogen and oxygen atoms in total. The van der Waals surface area contributed by atoms with E-state index in [-0.39, 0.29) is 25.2 Å². The van der Waals surface area contributed by atoms with Gasteiger partial charge in [0, 0.05) is 51.3 Å². The Labute approximate surface area is 187 Å². The van der Waals surface area contributed by atoms with Crippen LogP contribution in [0.1, 0.15) is 30.1 Å². The fourth-order valence-corrected chi connectivity index (χ4v) is 4.88. The van der Waals surface area contributed by atoms with Gasteiger partial charge in [-0.05, 0) is 29.7 Å². The van der Waals surface area contributed by atoms with E-state index >= 15 is 0 Å². The number of carbonyl (C=O) groups is 2. The van der Waals surface area contributed by atoms with Gasteiger partial charge in [0.1, 0.15) is 6.79 Å². The molecule has 2 aromatic rings. The van der Waals surface area contributed by atoms with Gasteiger partial charge in [-0.3, -0.25) is 23.3 Å². The molecule has 1 N–H and O–H groups in total. The zero-order chi connectivity index (χ0) is 22.9. The molecule has 32 heavy (non-hydrogen) atoms. The third kappa shape index (κ3) is 4.70. The molecule has 2 amide bonds. The summed E-state index contributed by atoms with van der Waals surface area (Å²) >= 11 is 0. The molecule has 9 heteroatoms. The van der Waals surface area contributed by atoms with Gasteiger partial charge in [0.15, 0.2) is 0 Å². The Morgan fingerprint density at radius 1 is 1.34 bits per heavy atom. The summed E-state index contributed by atoms with van der Waals surface area (Å²) in [5.74, 6) is -1.20. The second-order valence-electron chi connectivity index (χ2n) is 9.53. The number of benzene rings is 1. The number of hydrogen-bond donors (Lipinski definition) is 1. The zero-order valence-electron chi connectivity index (χ0n) is 18.8. The van der Waals surface area contributed by atoms with Crippen LogP contribution in [0.25, 0.3) is 17.2 Å². The highest BCUT2D eigenvalue weighted by atomic mass is 28.3. The number of aliphatic hydroxyl groups is 1. The fourth-order valence-electron chi connectivity index (χ4n) is 4.13. The summed E-state index contributed by atoms with van der Waals surface area (Å²) in [5.41, 5.74) is 2.95. The van der Waals surface area contributed by atoms with Crippen molar-refractivity contribution in [1.29, 1.82) is 0 Å².